The molecule has 0 spiro atoms. The van der Waals surface area contributed by atoms with Crippen molar-refractivity contribution in [2.24, 2.45) is 0 Å². The molecule has 4 heterocycles. The highest BCUT2D eigenvalue weighted by molar-refractivity contribution is 5.98. The number of ether oxygens (including phenoxy) is 2. The molecule has 2 N–H and O–H groups in total. The fourth-order valence-electron chi connectivity index (χ4n) is 4.87. The molecular formula is C23H17F4N5O3. The number of hydrogen-bond acceptors (Lipinski definition) is 6. The van der Waals surface area contributed by atoms with Crippen molar-refractivity contribution < 1.29 is 31.8 Å². The number of nitrogen functional groups attached to an aromatic ring is 1. The average molecular weight is 487 g/mol. The fourth-order valence-corrected chi connectivity index (χ4v) is 4.87. The summed E-state index contributed by atoms with van der Waals surface area (Å²) >= 11 is 0. The van der Waals surface area contributed by atoms with E-state index < -0.39 is 36.3 Å². The third-order valence-corrected chi connectivity index (χ3v) is 6.27. The van der Waals surface area contributed by atoms with Gasteiger partial charge in [-0.25, -0.2) is 14.4 Å². The fraction of sp³-hybridized carbons (Fsp3) is 0.261. The summed E-state index contributed by atoms with van der Waals surface area (Å²) in [6.45, 7) is -0.178. The molecule has 2 aromatic heterocycles. The van der Waals surface area contributed by atoms with Crippen LogP contribution in [-0.2, 0) is 0 Å². The topological polar surface area (TPSA) is 95.0 Å². The molecule has 180 valence electrons. The van der Waals surface area contributed by atoms with E-state index in [2.05, 4.69) is 14.7 Å². The summed E-state index contributed by atoms with van der Waals surface area (Å²) in [5, 5.41) is 0. The van der Waals surface area contributed by atoms with Crippen LogP contribution in [0.2, 0.25) is 0 Å². The molecular weight excluding hydrogens is 470 g/mol. The summed E-state index contributed by atoms with van der Waals surface area (Å²) in [6.07, 6.45) is -3.83. The van der Waals surface area contributed by atoms with Gasteiger partial charge in [-0.3, -0.25) is 9.20 Å². The van der Waals surface area contributed by atoms with Gasteiger partial charge in [-0.05, 0) is 30.3 Å². The summed E-state index contributed by atoms with van der Waals surface area (Å²) in [7, 11) is 0. The van der Waals surface area contributed by atoms with Crippen molar-refractivity contribution in [3.63, 3.8) is 0 Å². The molecule has 0 aliphatic carbocycles. The first kappa shape index (κ1) is 21.4. The lowest BCUT2D eigenvalue weighted by molar-refractivity contribution is -0.274. The molecule has 1 fully saturated rings. The molecule has 0 saturated carbocycles. The second-order valence-corrected chi connectivity index (χ2v) is 8.49. The number of piperidine rings is 1. The van der Waals surface area contributed by atoms with E-state index in [0.717, 1.165) is 12.1 Å². The molecule has 6 rings (SSSR count). The van der Waals surface area contributed by atoms with Crippen molar-refractivity contribution in [2.75, 3.05) is 12.3 Å². The maximum atomic E-state index is 14.7. The number of aromatic nitrogens is 3. The van der Waals surface area contributed by atoms with Gasteiger partial charge in [0, 0.05) is 23.6 Å². The lowest BCUT2D eigenvalue weighted by Crippen LogP contribution is -2.49. The van der Waals surface area contributed by atoms with Crippen LogP contribution in [0, 0.1) is 0 Å². The van der Waals surface area contributed by atoms with Crippen LogP contribution < -0.4 is 15.2 Å². The largest absolute Gasteiger partial charge is 0.573 e. The Morgan fingerprint density at radius 1 is 1.17 bits per heavy atom. The van der Waals surface area contributed by atoms with Crippen LogP contribution in [0.15, 0.2) is 48.9 Å². The summed E-state index contributed by atoms with van der Waals surface area (Å²) in [4.78, 5) is 23.4. The van der Waals surface area contributed by atoms with Gasteiger partial charge in [0.1, 0.15) is 35.1 Å². The second-order valence-electron chi connectivity index (χ2n) is 8.49. The van der Waals surface area contributed by atoms with Crippen LogP contribution >= 0.6 is 0 Å². The van der Waals surface area contributed by atoms with E-state index >= 15 is 0 Å². The van der Waals surface area contributed by atoms with Gasteiger partial charge in [0.2, 0.25) is 0 Å². The zero-order chi connectivity index (χ0) is 24.5. The van der Waals surface area contributed by atoms with Crippen LogP contribution in [0.1, 0.15) is 28.4 Å². The number of hydrogen-bond donors (Lipinski definition) is 1. The Kier molecular flexibility index (Phi) is 4.57. The first-order valence-electron chi connectivity index (χ1n) is 10.7. The molecule has 1 amide bonds. The van der Waals surface area contributed by atoms with Crippen molar-refractivity contribution in [2.45, 2.75) is 31.1 Å². The quantitative estimate of drug-likeness (QED) is 0.429. The molecule has 2 aliphatic heterocycles. The first-order valence-corrected chi connectivity index (χ1v) is 10.7. The molecule has 2 aromatic carbocycles. The van der Waals surface area contributed by atoms with Crippen LogP contribution in [0.25, 0.3) is 16.6 Å². The number of nitrogens with two attached hydrogens (primary N) is 1. The maximum Gasteiger partial charge on any atom is 0.573 e. The summed E-state index contributed by atoms with van der Waals surface area (Å²) in [6, 6.07) is 7.88. The Labute approximate surface area is 194 Å². The highest BCUT2D eigenvalue weighted by Gasteiger charge is 2.46. The summed E-state index contributed by atoms with van der Waals surface area (Å²) < 4.78 is 64.0. The minimum atomic E-state index is -4.86. The minimum Gasteiger partial charge on any atom is -0.487 e. The molecule has 1 saturated heterocycles. The number of amides is 1. The number of fused-ring (bicyclic) bond motifs is 6. The number of imidazole rings is 1. The van der Waals surface area contributed by atoms with Crippen molar-refractivity contribution in [3.8, 4) is 11.5 Å². The van der Waals surface area contributed by atoms with E-state index in [1.807, 2.05) is 0 Å². The highest BCUT2D eigenvalue weighted by atomic mass is 19.4. The van der Waals surface area contributed by atoms with Crippen molar-refractivity contribution in [1.82, 2.24) is 19.3 Å². The van der Waals surface area contributed by atoms with E-state index in [1.165, 1.54) is 11.0 Å². The number of anilines is 1. The van der Waals surface area contributed by atoms with E-state index in [-0.39, 0.29) is 24.3 Å². The normalized spacial score (nSPS) is 21.6. The molecule has 4 aromatic rings. The molecule has 0 radical (unpaired) electrons. The Morgan fingerprint density at radius 3 is 2.80 bits per heavy atom. The van der Waals surface area contributed by atoms with Crippen LogP contribution in [0.4, 0.5) is 23.4 Å². The Morgan fingerprint density at radius 2 is 2.00 bits per heavy atom. The molecule has 2 aliphatic rings. The number of likely N-dealkylation sites (tertiary alicyclic amines) is 1. The Balaban J connectivity index is 1.38. The van der Waals surface area contributed by atoms with Crippen molar-refractivity contribution >= 4 is 28.3 Å². The number of alkyl halides is 4. The smallest absolute Gasteiger partial charge is 0.487 e. The van der Waals surface area contributed by atoms with Gasteiger partial charge in [-0.2, -0.15) is 0 Å². The minimum absolute atomic E-state index is 0.00909. The van der Waals surface area contributed by atoms with Gasteiger partial charge in [0.25, 0.3) is 5.91 Å². The Bertz CT molecular complexity index is 1490. The highest BCUT2D eigenvalue weighted by Crippen LogP contribution is 2.47. The first-order chi connectivity index (χ1) is 16.7. The van der Waals surface area contributed by atoms with Gasteiger partial charge in [0.05, 0.1) is 36.1 Å². The molecule has 0 unspecified atom stereocenters. The number of carbonyl (C=O) groups excluding carboxylic acids is 1. The van der Waals surface area contributed by atoms with Gasteiger partial charge in [-0.1, -0.05) is 0 Å². The van der Waals surface area contributed by atoms with E-state index in [1.54, 1.807) is 35.1 Å². The maximum absolute atomic E-state index is 14.7. The number of nitrogens with zero attached hydrogens (tertiary/aromatic N) is 4. The third-order valence-electron chi connectivity index (χ3n) is 6.27. The molecule has 0 bridgehead atoms. The molecule has 35 heavy (non-hydrogen) atoms. The van der Waals surface area contributed by atoms with Crippen molar-refractivity contribution in [3.05, 3.63) is 60.0 Å². The van der Waals surface area contributed by atoms with Crippen molar-refractivity contribution in [1.29, 1.82) is 0 Å². The van der Waals surface area contributed by atoms with Gasteiger partial charge in [0.15, 0.2) is 0 Å². The molecule has 12 heteroatoms. The predicted octanol–water partition coefficient (Wildman–Crippen LogP) is 4.05. The monoisotopic (exact) mass is 487 g/mol. The van der Waals surface area contributed by atoms with E-state index in [9.17, 15) is 22.4 Å². The Hall–Kier alpha value is -4.09. The zero-order valence-electron chi connectivity index (χ0n) is 17.9. The van der Waals surface area contributed by atoms with E-state index in [0.29, 0.717) is 27.9 Å². The summed E-state index contributed by atoms with van der Waals surface area (Å²) in [5.74, 6) is -0.467. The standard InChI is InChI=1S/C23H17F4N5O3/c24-12-6-19-20(14-3-2-13(7-18(14)34-19)35-23(25,26)27)31(9-12)22(33)11-1-4-15-16(5-11)32-10-29-8-17(32)21(28)30-15/h1-5,7-8,10,12,19-20H,6,9H2,(H2,28,30)/t12-,19+,20+/m1/s1. The van der Waals surface area contributed by atoms with Gasteiger partial charge >= 0.3 is 6.36 Å². The second kappa shape index (κ2) is 7.45. The van der Waals surface area contributed by atoms with Gasteiger partial charge < -0.3 is 20.1 Å². The SMILES string of the molecule is Nc1nc2ccc(C(=O)N3C[C@H](F)C[C@@H]4Oc5cc(OC(F)(F)F)ccc5[C@@H]43)cc2n2cncc12. The number of carbonyl (C=O) groups is 1. The van der Waals surface area contributed by atoms with Crippen LogP contribution in [0.3, 0.4) is 0 Å². The zero-order valence-corrected chi connectivity index (χ0v) is 17.9. The third kappa shape index (κ3) is 3.56. The number of rotatable bonds is 2. The lowest BCUT2D eigenvalue weighted by Gasteiger charge is -2.38. The van der Waals surface area contributed by atoms with Crippen LogP contribution in [0.5, 0.6) is 11.5 Å². The summed E-state index contributed by atoms with van der Waals surface area (Å²) in [5.41, 5.74) is 8.49. The predicted molar refractivity (Wildman–Crippen MR) is 116 cm³/mol. The van der Waals surface area contributed by atoms with Gasteiger partial charge in [-0.15, -0.1) is 13.2 Å². The van der Waals surface area contributed by atoms with E-state index in [4.69, 9.17) is 10.5 Å². The molecule has 8 nitrogen and oxygen atoms in total. The number of halogens is 4. The average Bonchev–Trinajstić information content (AvgIpc) is 3.42. The molecule has 3 atom stereocenters. The number of benzene rings is 2. The van der Waals surface area contributed by atoms with Crippen LogP contribution in [-0.4, -0.2) is 50.4 Å². The lowest BCUT2D eigenvalue weighted by atomic mass is 9.92.